The number of hydrogen-bond donors (Lipinski definition) is 1. The topological polar surface area (TPSA) is 86.3 Å². The molecule has 0 heterocycles. The summed E-state index contributed by atoms with van der Waals surface area (Å²) in [5.74, 6) is -1.00. The molecule has 0 spiro atoms. The molecule has 0 radical (unpaired) electrons. The SMILES string of the molecule is Cc1ccc(S(=O)(=O)NCCC2(C/C=C\CCCC(=O)[O-])CCCCC2)cc1.[Na+]. The van der Waals surface area contributed by atoms with Crippen molar-refractivity contribution in [1.82, 2.24) is 4.72 Å². The zero-order valence-corrected chi connectivity index (χ0v) is 20.6. The van der Waals surface area contributed by atoms with Crippen LogP contribution in [0.25, 0.3) is 0 Å². The average molecular weight is 430 g/mol. The Hall–Kier alpha value is -0.660. The largest absolute Gasteiger partial charge is 1.00 e. The van der Waals surface area contributed by atoms with Gasteiger partial charge in [-0.2, -0.15) is 0 Å². The van der Waals surface area contributed by atoms with E-state index in [0.29, 0.717) is 17.9 Å². The molecule has 0 aliphatic heterocycles. The molecule has 0 bridgehead atoms. The first-order chi connectivity index (χ1) is 13.3. The molecule has 1 aromatic carbocycles. The van der Waals surface area contributed by atoms with E-state index in [-0.39, 0.29) is 41.4 Å². The van der Waals surface area contributed by atoms with E-state index in [1.54, 1.807) is 12.1 Å². The van der Waals surface area contributed by atoms with Crippen LogP contribution in [0.15, 0.2) is 41.3 Å². The second kappa shape index (κ2) is 12.9. The van der Waals surface area contributed by atoms with E-state index < -0.39 is 16.0 Å². The molecule has 0 atom stereocenters. The van der Waals surface area contributed by atoms with Crippen molar-refractivity contribution in [2.24, 2.45) is 5.41 Å². The van der Waals surface area contributed by atoms with Gasteiger partial charge in [0.05, 0.1) is 4.90 Å². The number of carboxylic acids is 1. The van der Waals surface area contributed by atoms with E-state index in [1.807, 2.05) is 19.1 Å². The number of carboxylic acid groups (broad SMARTS) is 1. The van der Waals surface area contributed by atoms with Gasteiger partial charge in [0, 0.05) is 12.5 Å². The Bertz CT molecular complexity index is 754. The van der Waals surface area contributed by atoms with E-state index >= 15 is 0 Å². The molecule has 29 heavy (non-hydrogen) atoms. The van der Waals surface area contributed by atoms with Crippen molar-refractivity contribution in [2.45, 2.75) is 76.0 Å². The van der Waals surface area contributed by atoms with Crippen molar-refractivity contribution in [3.63, 3.8) is 0 Å². The fourth-order valence-corrected chi connectivity index (χ4v) is 4.96. The minimum Gasteiger partial charge on any atom is -0.550 e. The summed E-state index contributed by atoms with van der Waals surface area (Å²) in [6.07, 6.45) is 13.2. The number of benzene rings is 1. The minimum atomic E-state index is -3.47. The van der Waals surface area contributed by atoms with Gasteiger partial charge in [0.2, 0.25) is 10.0 Å². The van der Waals surface area contributed by atoms with E-state index in [1.165, 1.54) is 19.3 Å². The monoisotopic (exact) mass is 429 g/mol. The maximum atomic E-state index is 12.5. The molecule has 0 aromatic heterocycles. The molecule has 156 valence electrons. The second-order valence-corrected chi connectivity index (χ2v) is 9.73. The molecular weight excluding hydrogens is 397 g/mol. The Labute approximate surface area is 197 Å². The van der Waals surface area contributed by atoms with Gasteiger partial charge in [-0.1, -0.05) is 49.1 Å². The molecule has 7 heteroatoms. The quantitative estimate of drug-likeness (QED) is 0.315. The van der Waals surface area contributed by atoms with Crippen LogP contribution in [-0.2, 0) is 14.8 Å². The molecule has 1 fully saturated rings. The molecular formula is C22H32NNaO4S. The fourth-order valence-electron chi connectivity index (χ4n) is 3.92. The Morgan fingerprint density at radius 1 is 1.14 bits per heavy atom. The number of hydrogen-bond acceptors (Lipinski definition) is 4. The van der Waals surface area contributed by atoms with Crippen LogP contribution < -0.4 is 39.4 Å². The minimum absolute atomic E-state index is 0. The number of aliphatic carboxylic acids is 1. The van der Waals surface area contributed by atoms with Crippen LogP contribution in [0.1, 0.15) is 69.8 Å². The van der Waals surface area contributed by atoms with Crippen LogP contribution >= 0.6 is 0 Å². The summed E-state index contributed by atoms with van der Waals surface area (Å²) < 4.78 is 27.8. The predicted octanol–water partition coefficient (Wildman–Crippen LogP) is 0.484. The number of aryl methyl sites for hydroxylation is 1. The van der Waals surface area contributed by atoms with Crippen molar-refractivity contribution < 1.29 is 47.9 Å². The number of carbonyl (C=O) groups is 1. The Morgan fingerprint density at radius 2 is 1.79 bits per heavy atom. The smallest absolute Gasteiger partial charge is 0.550 e. The number of allylic oxidation sites excluding steroid dienone is 2. The van der Waals surface area contributed by atoms with Gasteiger partial charge >= 0.3 is 29.6 Å². The Kier molecular flexibility index (Phi) is 11.7. The van der Waals surface area contributed by atoms with Crippen molar-refractivity contribution in [1.29, 1.82) is 0 Å². The van der Waals surface area contributed by atoms with Gasteiger partial charge in [0.1, 0.15) is 0 Å². The predicted molar refractivity (Wildman–Crippen MR) is 109 cm³/mol. The molecule has 1 aliphatic rings. The Morgan fingerprint density at radius 3 is 2.41 bits per heavy atom. The van der Waals surface area contributed by atoms with Crippen molar-refractivity contribution >= 4 is 16.0 Å². The van der Waals surface area contributed by atoms with E-state index in [4.69, 9.17) is 0 Å². The molecule has 0 amide bonds. The van der Waals surface area contributed by atoms with Gasteiger partial charge in [0.15, 0.2) is 0 Å². The molecule has 0 unspecified atom stereocenters. The van der Waals surface area contributed by atoms with Crippen LogP contribution in [0.3, 0.4) is 0 Å². The number of sulfonamides is 1. The van der Waals surface area contributed by atoms with Crippen LogP contribution in [0.4, 0.5) is 0 Å². The van der Waals surface area contributed by atoms with Crippen LogP contribution in [-0.4, -0.2) is 20.9 Å². The van der Waals surface area contributed by atoms with E-state index in [9.17, 15) is 18.3 Å². The van der Waals surface area contributed by atoms with E-state index in [0.717, 1.165) is 37.7 Å². The summed E-state index contributed by atoms with van der Waals surface area (Å²) in [5, 5.41) is 10.5. The first-order valence-corrected chi connectivity index (χ1v) is 11.7. The average Bonchev–Trinajstić information content (AvgIpc) is 2.65. The zero-order chi connectivity index (χ0) is 20.5. The number of nitrogens with one attached hydrogen (secondary N) is 1. The summed E-state index contributed by atoms with van der Waals surface area (Å²) >= 11 is 0. The first kappa shape index (κ1) is 26.4. The second-order valence-electron chi connectivity index (χ2n) is 7.96. The molecule has 1 aromatic rings. The summed E-state index contributed by atoms with van der Waals surface area (Å²) in [5.41, 5.74) is 1.17. The van der Waals surface area contributed by atoms with Gasteiger partial charge in [-0.25, -0.2) is 13.1 Å². The molecule has 5 nitrogen and oxygen atoms in total. The fraction of sp³-hybridized carbons (Fsp3) is 0.591. The first-order valence-electron chi connectivity index (χ1n) is 10.2. The van der Waals surface area contributed by atoms with Crippen LogP contribution in [0.2, 0.25) is 0 Å². The molecule has 1 aliphatic carbocycles. The van der Waals surface area contributed by atoms with Gasteiger partial charge in [-0.15, -0.1) is 0 Å². The number of rotatable bonds is 11. The molecule has 0 saturated heterocycles. The summed E-state index contributed by atoms with van der Waals surface area (Å²) in [6, 6.07) is 6.90. The standard InChI is InChI=1S/C22H33NO4S.Na/c1-19-10-12-20(13-11-19)28(26,27)23-18-17-22(15-7-4-8-16-22)14-6-3-2-5-9-21(24)25;/h3,6,10-13,23H,2,4-5,7-9,14-18H2,1H3,(H,24,25);/q;+1/p-1/b6-3-;. The maximum Gasteiger partial charge on any atom is 1.00 e. The van der Waals surface area contributed by atoms with Gasteiger partial charge in [-0.05, 0) is 69.4 Å². The zero-order valence-electron chi connectivity index (χ0n) is 17.8. The number of unbranched alkanes of at least 4 members (excludes halogenated alkanes) is 1. The third-order valence-electron chi connectivity index (χ3n) is 5.66. The Balaban J connectivity index is 0.00000420. The molecule has 1 N–H and O–H groups in total. The van der Waals surface area contributed by atoms with Crippen molar-refractivity contribution in [3.05, 3.63) is 42.0 Å². The van der Waals surface area contributed by atoms with Crippen molar-refractivity contribution in [3.8, 4) is 0 Å². The van der Waals surface area contributed by atoms with Gasteiger partial charge < -0.3 is 9.90 Å². The summed E-state index contributed by atoms with van der Waals surface area (Å²) in [6.45, 7) is 2.37. The molecule has 2 rings (SSSR count). The molecule has 1 saturated carbocycles. The van der Waals surface area contributed by atoms with Gasteiger partial charge in [0.25, 0.3) is 0 Å². The van der Waals surface area contributed by atoms with E-state index in [2.05, 4.69) is 16.9 Å². The maximum absolute atomic E-state index is 12.5. The normalized spacial score (nSPS) is 16.4. The summed E-state index contributed by atoms with van der Waals surface area (Å²) in [4.78, 5) is 10.8. The third kappa shape index (κ3) is 9.35. The van der Waals surface area contributed by atoms with Crippen LogP contribution in [0.5, 0.6) is 0 Å². The van der Waals surface area contributed by atoms with Crippen molar-refractivity contribution in [2.75, 3.05) is 6.54 Å². The third-order valence-corrected chi connectivity index (χ3v) is 7.14. The van der Waals surface area contributed by atoms with Gasteiger partial charge in [-0.3, -0.25) is 0 Å². The van der Waals surface area contributed by atoms with Crippen LogP contribution in [0, 0.1) is 12.3 Å². The summed E-state index contributed by atoms with van der Waals surface area (Å²) in [7, 11) is -3.47. The number of carbonyl (C=O) groups excluding carboxylic acids is 1.